The lowest BCUT2D eigenvalue weighted by Gasteiger charge is -2.30. The Hall–Kier alpha value is -3.61. The summed E-state index contributed by atoms with van der Waals surface area (Å²) >= 11 is 0. The normalized spacial score (nSPS) is 13.1. The number of fused-ring (bicyclic) bond motifs is 1. The predicted molar refractivity (Wildman–Crippen MR) is 118 cm³/mol. The van der Waals surface area contributed by atoms with Crippen molar-refractivity contribution in [2.45, 2.75) is 52.3 Å². The number of alkyl halides is 6. The van der Waals surface area contributed by atoms with Crippen molar-refractivity contribution < 1.29 is 35.9 Å². The van der Waals surface area contributed by atoms with Gasteiger partial charge in [0.25, 0.3) is 5.91 Å². The number of hydrazine groups is 1. The molecule has 3 rings (SSSR count). The van der Waals surface area contributed by atoms with Crippen molar-refractivity contribution in [3.8, 4) is 0 Å². The Morgan fingerprint density at radius 3 is 2.36 bits per heavy atom. The first kappa shape index (κ1) is 27.0. The van der Waals surface area contributed by atoms with Crippen LogP contribution in [0.3, 0.4) is 0 Å². The molecule has 36 heavy (non-hydrogen) atoms. The van der Waals surface area contributed by atoms with Crippen LogP contribution < -0.4 is 11.2 Å². The van der Waals surface area contributed by atoms with Crippen molar-refractivity contribution in [1.82, 2.24) is 19.9 Å². The van der Waals surface area contributed by atoms with Gasteiger partial charge in [-0.2, -0.15) is 26.3 Å². The van der Waals surface area contributed by atoms with E-state index in [1.165, 1.54) is 17.6 Å². The number of benzene rings is 1. The Kier molecular flexibility index (Phi) is 7.35. The monoisotopic (exact) mass is 515 g/mol. The molecule has 0 saturated heterocycles. The molecule has 0 radical (unpaired) electrons. The lowest BCUT2D eigenvalue weighted by Crippen LogP contribution is -2.47. The van der Waals surface area contributed by atoms with Gasteiger partial charge in [-0.05, 0) is 49.2 Å². The van der Waals surface area contributed by atoms with Crippen LogP contribution in [-0.2, 0) is 24.1 Å². The van der Waals surface area contributed by atoms with Gasteiger partial charge < -0.3 is 9.88 Å². The number of amides is 2. The molecule has 0 bridgehead atoms. The lowest BCUT2D eigenvalue weighted by molar-refractivity contribution is -0.180. The number of carbonyl (C=O) groups excluding carboxylic acids is 2. The van der Waals surface area contributed by atoms with Gasteiger partial charge in [0.05, 0.1) is 5.56 Å². The third kappa shape index (κ3) is 5.45. The molecule has 0 aliphatic heterocycles. The number of aryl methyl sites for hydroxylation is 2. The maximum absolute atomic E-state index is 14.0. The molecule has 0 aliphatic rings. The van der Waals surface area contributed by atoms with Crippen LogP contribution in [0.15, 0.2) is 36.4 Å². The Bertz CT molecular complexity index is 1300. The highest BCUT2D eigenvalue weighted by Crippen LogP contribution is 2.39. The van der Waals surface area contributed by atoms with Crippen LogP contribution in [-0.4, -0.2) is 32.6 Å². The van der Waals surface area contributed by atoms with Gasteiger partial charge in [0.1, 0.15) is 11.3 Å². The minimum absolute atomic E-state index is 0.110. The van der Waals surface area contributed by atoms with E-state index in [1.54, 1.807) is 19.9 Å². The average Bonchev–Trinajstić information content (AvgIpc) is 3.12. The van der Waals surface area contributed by atoms with E-state index >= 15 is 0 Å². The van der Waals surface area contributed by atoms with Gasteiger partial charge in [0.15, 0.2) is 6.04 Å². The Labute approximate surface area is 201 Å². The average molecular weight is 515 g/mol. The first-order chi connectivity index (χ1) is 16.6. The van der Waals surface area contributed by atoms with Gasteiger partial charge in [-0.25, -0.2) is 10.8 Å². The lowest BCUT2D eigenvalue weighted by atomic mass is 10.0. The zero-order chi connectivity index (χ0) is 27.0. The van der Waals surface area contributed by atoms with Crippen molar-refractivity contribution in [1.29, 1.82) is 0 Å². The van der Waals surface area contributed by atoms with E-state index in [4.69, 9.17) is 5.84 Å². The first-order valence-electron chi connectivity index (χ1n) is 10.7. The van der Waals surface area contributed by atoms with Gasteiger partial charge in [-0.3, -0.25) is 14.6 Å². The number of carbonyl (C=O) groups is 2. The second kappa shape index (κ2) is 9.80. The molecule has 2 heterocycles. The smallest absolute Gasteiger partial charge is 0.352 e. The molecule has 1 atom stereocenters. The fourth-order valence-electron chi connectivity index (χ4n) is 3.85. The van der Waals surface area contributed by atoms with Gasteiger partial charge in [-0.1, -0.05) is 12.1 Å². The molecule has 1 aromatic carbocycles. The Morgan fingerprint density at radius 2 is 1.81 bits per heavy atom. The van der Waals surface area contributed by atoms with Crippen LogP contribution in [0.25, 0.3) is 11.0 Å². The molecule has 0 spiro atoms. The minimum atomic E-state index is -5.17. The summed E-state index contributed by atoms with van der Waals surface area (Å²) in [4.78, 5) is 28.9. The fourth-order valence-corrected chi connectivity index (χ4v) is 3.85. The van der Waals surface area contributed by atoms with E-state index in [9.17, 15) is 35.9 Å². The van der Waals surface area contributed by atoms with Crippen LogP contribution in [0.1, 0.15) is 52.8 Å². The highest BCUT2D eigenvalue weighted by molar-refractivity contribution is 5.98. The van der Waals surface area contributed by atoms with E-state index < -0.39 is 35.4 Å². The minimum Gasteiger partial charge on any atom is -0.352 e. The topological polar surface area (TPSA) is 93.3 Å². The second-order valence-electron chi connectivity index (χ2n) is 8.11. The van der Waals surface area contributed by atoms with Crippen molar-refractivity contribution in [3.05, 3.63) is 64.5 Å². The quantitative estimate of drug-likeness (QED) is 0.217. The number of nitrogens with two attached hydrogens (primary N) is 1. The summed E-state index contributed by atoms with van der Waals surface area (Å²) in [6, 6.07) is 2.72. The zero-order valence-electron chi connectivity index (χ0n) is 19.5. The summed E-state index contributed by atoms with van der Waals surface area (Å²) in [6.45, 7) is 4.96. The van der Waals surface area contributed by atoms with Crippen LogP contribution in [0.4, 0.5) is 26.3 Å². The molecular weight excluding hydrogens is 492 g/mol. The van der Waals surface area contributed by atoms with E-state index in [2.05, 4.69) is 10.3 Å². The van der Waals surface area contributed by atoms with Crippen molar-refractivity contribution >= 4 is 22.8 Å². The zero-order valence-corrected chi connectivity index (χ0v) is 19.5. The number of hydrogen-bond donors (Lipinski definition) is 2. The third-order valence-corrected chi connectivity index (χ3v) is 5.58. The van der Waals surface area contributed by atoms with Crippen LogP contribution >= 0.6 is 0 Å². The number of nitrogens with one attached hydrogen (secondary N) is 1. The van der Waals surface area contributed by atoms with Crippen LogP contribution in [0.5, 0.6) is 0 Å². The van der Waals surface area contributed by atoms with Gasteiger partial charge in [0.2, 0.25) is 5.91 Å². The van der Waals surface area contributed by atoms with Crippen LogP contribution in [0.2, 0.25) is 0 Å². The summed E-state index contributed by atoms with van der Waals surface area (Å²) in [5.74, 6) is 4.13. The van der Waals surface area contributed by atoms with Crippen molar-refractivity contribution in [3.63, 3.8) is 0 Å². The molecule has 3 aromatic rings. The third-order valence-electron chi connectivity index (χ3n) is 5.58. The second-order valence-corrected chi connectivity index (χ2v) is 8.11. The molecule has 1 unspecified atom stereocenters. The van der Waals surface area contributed by atoms with Crippen molar-refractivity contribution in [2.24, 2.45) is 5.84 Å². The summed E-state index contributed by atoms with van der Waals surface area (Å²) in [6.07, 6.45) is -10.1. The van der Waals surface area contributed by atoms with E-state index in [0.717, 1.165) is 12.1 Å². The summed E-state index contributed by atoms with van der Waals surface area (Å²) in [7, 11) is 0. The number of rotatable bonds is 6. The molecule has 3 N–H and O–H groups in total. The SMILES string of the molecule is CCn1c(C(=O)N(N)C(c2cccc(C(F)(F)F)c2)C(F)(F)F)cc2cc(CNC(C)=O)c(C)nc21. The number of hydrogen-bond acceptors (Lipinski definition) is 4. The molecule has 0 saturated carbocycles. The number of pyridine rings is 1. The highest BCUT2D eigenvalue weighted by atomic mass is 19.4. The van der Waals surface area contributed by atoms with Gasteiger partial charge in [0, 0.05) is 31.1 Å². The van der Waals surface area contributed by atoms with Gasteiger partial charge >= 0.3 is 12.4 Å². The first-order valence-corrected chi connectivity index (χ1v) is 10.7. The van der Waals surface area contributed by atoms with Crippen molar-refractivity contribution in [2.75, 3.05) is 0 Å². The maximum Gasteiger partial charge on any atom is 0.416 e. The predicted octanol–water partition coefficient (Wildman–Crippen LogP) is 4.64. The molecule has 0 aliphatic carbocycles. The van der Waals surface area contributed by atoms with E-state index in [-0.39, 0.29) is 29.7 Å². The highest BCUT2D eigenvalue weighted by Gasteiger charge is 2.47. The molecule has 2 amide bonds. The standard InChI is InChI=1S/C23H23F6N5O2/c1-4-33-18(10-15-8-16(11-31-13(3)35)12(2)32-20(15)33)21(36)34(30)19(23(27,28)29)14-6-5-7-17(9-14)22(24,25)26/h5-10,19H,4,11,30H2,1-3H3,(H,31,35). The Morgan fingerprint density at radius 1 is 1.14 bits per heavy atom. The van der Waals surface area contributed by atoms with E-state index in [1.807, 2.05) is 0 Å². The molecular formula is C23H23F6N5O2. The molecule has 194 valence electrons. The maximum atomic E-state index is 14.0. The van der Waals surface area contributed by atoms with Gasteiger partial charge in [-0.15, -0.1) is 0 Å². The summed E-state index contributed by atoms with van der Waals surface area (Å²) in [5, 5.41) is 2.93. The fraction of sp³-hybridized carbons (Fsp3) is 0.348. The largest absolute Gasteiger partial charge is 0.416 e. The Balaban J connectivity index is 2.07. The molecule has 0 fully saturated rings. The molecule has 13 heteroatoms. The summed E-state index contributed by atoms with van der Waals surface area (Å²) < 4.78 is 82.7. The van der Waals surface area contributed by atoms with E-state index in [0.29, 0.717) is 34.4 Å². The van der Waals surface area contributed by atoms with Crippen LogP contribution in [0, 0.1) is 6.92 Å². The number of aromatic nitrogens is 2. The summed E-state index contributed by atoms with van der Waals surface area (Å²) in [5.41, 5.74) is -0.889. The molecule has 7 nitrogen and oxygen atoms in total. The number of halogens is 6. The number of nitrogens with zero attached hydrogens (tertiary/aromatic N) is 3. The molecule has 2 aromatic heterocycles.